The van der Waals surface area contributed by atoms with Crippen LogP contribution >= 0.6 is 0 Å². The zero-order chi connectivity index (χ0) is 20.4. The topological polar surface area (TPSA) is 93.7 Å². The SMILES string of the molecule is COc1ccc(S(=O)(=O)NCCNC(=O)CCCOc2ccccc2C)cc1. The van der Waals surface area contributed by atoms with Gasteiger partial charge < -0.3 is 14.8 Å². The van der Waals surface area contributed by atoms with Gasteiger partial charge in [-0.25, -0.2) is 13.1 Å². The lowest BCUT2D eigenvalue weighted by atomic mass is 10.2. The molecule has 0 saturated heterocycles. The van der Waals surface area contributed by atoms with Crippen LogP contribution in [-0.4, -0.2) is 41.1 Å². The second kappa shape index (κ2) is 10.7. The lowest BCUT2D eigenvalue weighted by Gasteiger charge is -2.10. The minimum absolute atomic E-state index is 0.111. The van der Waals surface area contributed by atoms with Crippen LogP contribution in [0.2, 0.25) is 0 Å². The van der Waals surface area contributed by atoms with E-state index in [-0.39, 0.29) is 23.9 Å². The molecule has 0 unspecified atom stereocenters. The fourth-order valence-corrected chi connectivity index (χ4v) is 3.48. The first-order chi connectivity index (χ1) is 13.4. The number of methoxy groups -OCH3 is 1. The summed E-state index contributed by atoms with van der Waals surface area (Å²) in [5.41, 5.74) is 1.05. The number of amides is 1. The van der Waals surface area contributed by atoms with Crippen LogP contribution in [0.15, 0.2) is 53.4 Å². The van der Waals surface area contributed by atoms with Crippen molar-refractivity contribution in [3.8, 4) is 11.5 Å². The highest BCUT2D eigenvalue weighted by molar-refractivity contribution is 7.89. The second-order valence-corrected chi connectivity index (χ2v) is 7.91. The van der Waals surface area contributed by atoms with Gasteiger partial charge in [0, 0.05) is 19.5 Å². The van der Waals surface area contributed by atoms with Crippen molar-refractivity contribution in [1.82, 2.24) is 10.0 Å². The summed E-state index contributed by atoms with van der Waals surface area (Å²) in [5.74, 6) is 1.26. The van der Waals surface area contributed by atoms with Crippen molar-refractivity contribution in [2.24, 2.45) is 0 Å². The number of sulfonamides is 1. The Morgan fingerprint density at radius 2 is 1.75 bits per heavy atom. The number of benzene rings is 2. The van der Waals surface area contributed by atoms with Crippen LogP contribution in [-0.2, 0) is 14.8 Å². The van der Waals surface area contributed by atoms with Crippen LogP contribution in [0, 0.1) is 6.92 Å². The van der Waals surface area contributed by atoms with Gasteiger partial charge in [-0.3, -0.25) is 4.79 Å². The summed E-state index contributed by atoms with van der Waals surface area (Å²) in [6, 6.07) is 13.8. The molecule has 8 heteroatoms. The third-order valence-electron chi connectivity index (χ3n) is 4.01. The number of para-hydroxylation sites is 1. The molecule has 152 valence electrons. The molecule has 0 aliphatic carbocycles. The Morgan fingerprint density at radius 3 is 2.43 bits per heavy atom. The fraction of sp³-hybridized carbons (Fsp3) is 0.350. The van der Waals surface area contributed by atoms with E-state index >= 15 is 0 Å². The molecule has 2 aromatic carbocycles. The molecular formula is C20H26N2O5S. The zero-order valence-corrected chi connectivity index (χ0v) is 16.9. The first-order valence-electron chi connectivity index (χ1n) is 9.01. The molecule has 2 N–H and O–H groups in total. The summed E-state index contributed by atoms with van der Waals surface area (Å²) in [7, 11) is -2.10. The van der Waals surface area contributed by atoms with E-state index < -0.39 is 10.0 Å². The maximum atomic E-state index is 12.2. The van der Waals surface area contributed by atoms with Gasteiger partial charge in [-0.15, -0.1) is 0 Å². The number of nitrogens with one attached hydrogen (secondary N) is 2. The molecular weight excluding hydrogens is 380 g/mol. The Morgan fingerprint density at radius 1 is 1.04 bits per heavy atom. The van der Waals surface area contributed by atoms with E-state index in [9.17, 15) is 13.2 Å². The van der Waals surface area contributed by atoms with Crippen LogP contribution < -0.4 is 19.5 Å². The highest BCUT2D eigenvalue weighted by Gasteiger charge is 2.13. The third kappa shape index (κ3) is 6.86. The van der Waals surface area contributed by atoms with Gasteiger partial charge in [0.25, 0.3) is 0 Å². The predicted molar refractivity (Wildman–Crippen MR) is 107 cm³/mol. The quantitative estimate of drug-likeness (QED) is 0.558. The minimum atomic E-state index is -3.62. The zero-order valence-electron chi connectivity index (χ0n) is 16.1. The normalized spacial score (nSPS) is 11.1. The number of hydrogen-bond donors (Lipinski definition) is 2. The first-order valence-corrected chi connectivity index (χ1v) is 10.5. The Balaban J connectivity index is 1.63. The fourth-order valence-electron chi connectivity index (χ4n) is 2.45. The van der Waals surface area contributed by atoms with Crippen molar-refractivity contribution >= 4 is 15.9 Å². The Labute approximate surface area is 166 Å². The molecule has 1 amide bonds. The van der Waals surface area contributed by atoms with E-state index in [0.717, 1.165) is 11.3 Å². The summed E-state index contributed by atoms with van der Waals surface area (Å²) in [4.78, 5) is 12.0. The Bertz CT molecular complexity index is 866. The first kappa shape index (κ1) is 21.7. The molecule has 0 aliphatic heterocycles. The van der Waals surface area contributed by atoms with Crippen LogP contribution in [0.25, 0.3) is 0 Å². The van der Waals surface area contributed by atoms with E-state index in [1.54, 1.807) is 12.1 Å². The van der Waals surface area contributed by atoms with Crippen LogP contribution in [0.5, 0.6) is 11.5 Å². The van der Waals surface area contributed by atoms with Crippen molar-refractivity contribution in [1.29, 1.82) is 0 Å². The molecule has 0 fully saturated rings. The molecule has 0 aromatic heterocycles. The van der Waals surface area contributed by atoms with E-state index in [0.29, 0.717) is 25.2 Å². The minimum Gasteiger partial charge on any atom is -0.497 e. The van der Waals surface area contributed by atoms with Crippen LogP contribution in [0.4, 0.5) is 0 Å². The van der Waals surface area contributed by atoms with Gasteiger partial charge in [-0.2, -0.15) is 0 Å². The molecule has 0 aliphatic rings. The standard InChI is InChI=1S/C20H26N2O5S/c1-16-6-3-4-7-19(16)27-15-5-8-20(23)21-13-14-22-28(24,25)18-11-9-17(26-2)10-12-18/h3-4,6-7,9-12,22H,5,8,13-15H2,1-2H3,(H,21,23). The summed E-state index contributed by atoms with van der Waals surface area (Å²) < 4.78 is 37.4. The highest BCUT2D eigenvalue weighted by Crippen LogP contribution is 2.16. The molecule has 28 heavy (non-hydrogen) atoms. The molecule has 2 aromatic rings. The van der Waals surface area contributed by atoms with E-state index in [1.807, 2.05) is 31.2 Å². The van der Waals surface area contributed by atoms with Gasteiger partial charge in [0.1, 0.15) is 11.5 Å². The predicted octanol–water partition coefficient (Wildman–Crippen LogP) is 2.26. The molecule has 0 saturated carbocycles. The number of ether oxygens (including phenoxy) is 2. The van der Waals surface area contributed by atoms with E-state index in [2.05, 4.69) is 10.0 Å². The van der Waals surface area contributed by atoms with Crippen molar-refractivity contribution in [3.63, 3.8) is 0 Å². The lowest BCUT2D eigenvalue weighted by molar-refractivity contribution is -0.121. The van der Waals surface area contributed by atoms with Gasteiger partial charge >= 0.3 is 0 Å². The average molecular weight is 407 g/mol. The Hall–Kier alpha value is -2.58. The Kier molecular flexibility index (Phi) is 8.28. The van der Waals surface area contributed by atoms with E-state index in [1.165, 1.54) is 19.2 Å². The average Bonchev–Trinajstić information content (AvgIpc) is 2.70. The summed E-state index contributed by atoms with van der Waals surface area (Å²) >= 11 is 0. The maximum absolute atomic E-state index is 12.2. The van der Waals surface area contributed by atoms with Crippen molar-refractivity contribution in [2.45, 2.75) is 24.7 Å². The molecule has 0 atom stereocenters. The summed E-state index contributed by atoms with van der Waals surface area (Å²) in [6.07, 6.45) is 0.898. The maximum Gasteiger partial charge on any atom is 0.240 e. The summed E-state index contributed by atoms with van der Waals surface area (Å²) in [5, 5.41) is 2.69. The van der Waals surface area contributed by atoms with Crippen molar-refractivity contribution < 1.29 is 22.7 Å². The monoisotopic (exact) mass is 406 g/mol. The van der Waals surface area contributed by atoms with Crippen molar-refractivity contribution in [3.05, 3.63) is 54.1 Å². The van der Waals surface area contributed by atoms with Crippen molar-refractivity contribution in [2.75, 3.05) is 26.8 Å². The molecule has 0 radical (unpaired) electrons. The van der Waals surface area contributed by atoms with Crippen LogP contribution in [0.3, 0.4) is 0 Å². The third-order valence-corrected chi connectivity index (χ3v) is 5.49. The number of aryl methyl sites for hydroxylation is 1. The molecule has 7 nitrogen and oxygen atoms in total. The van der Waals surface area contributed by atoms with Gasteiger partial charge in [-0.05, 0) is 49.2 Å². The van der Waals surface area contributed by atoms with Gasteiger partial charge in [0.15, 0.2) is 0 Å². The van der Waals surface area contributed by atoms with Gasteiger partial charge in [0.2, 0.25) is 15.9 Å². The smallest absolute Gasteiger partial charge is 0.240 e. The second-order valence-electron chi connectivity index (χ2n) is 6.14. The lowest BCUT2D eigenvalue weighted by Crippen LogP contribution is -2.34. The number of carbonyl (C=O) groups is 1. The van der Waals surface area contributed by atoms with Gasteiger partial charge in [0.05, 0.1) is 18.6 Å². The number of carbonyl (C=O) groups excluding carboxylic acids is 1. The molecule has 2 rings (SSSR count). The van der Waals surface area contributed by atoms with E-state index in [4.69, 9.17) is 9.47 Å². The molecule has 0 spiro atoms. The van der Waals surface area contributed by atoms with Gasteiger partial charge in [-0.1, -0.05) is 18.2 Å². The largest absolute Gasteiger partial charge is 0.497 e. The number of rotatable bonds is 11. The number of hydrogen-bond acceptors (Lipinski definition) is 5. The highest BCUT2D eigenvalue weighted by atomic mass is 32.2. The van der Waals surface area contributed by atoms with Crippen LogP contribution in [0.1, 0.15) is 18.4 Å². The molecule has 0 bridgehead atoms. The summed E-state index contributed by atoms with van der Waals surface area (Å²) in [6.45, 7) is 2.74. The molecule has 0 heterocycles.